The van der Waals surface area contributed by atoms with Crippen molar-refractivity contribution in [3.05, 3.63) is 0 Å². The van der Waals surface area contributed by atoms with Crippen molar-refractivity contribution in [2.45, 2.75) is 61.3 Å². The topological polar surface area (TPSA) is 0 Å². The molecule has 0 radical (unpaired) electrons. The van der Waals surface area contributed by atoms with E-state index >= 15 is 0 Å². The molecule has 8 atom stereocenters. The lowest BCUT2D eigenvalue weighted by Crippen LogP contribution is -2.86. The molecule has 0 nitrogen and oxygen atoms in total. The van der Waals surface area contributed by atoms with E-state index < -0.39 is 0 Å². The summed E-state index contributed by atoms with van der Waals surface area (Å²) in [6.45, 7) is 17.8. The van der Waals surface area contributed by atoms with Crippen molar-refractivity contribution in [1.29, 1.82) is 0 Å². The van der Waals surface area contributed by atoms with Gasteiger partial charge in [0.25, 0.3) is 0 Å². The summed E-state index contributed by atoms with van der Waals surface area (Å²) in [6, 6.07) is 0. The van der Waals surface area contributed by atoms with E-state index in [2.05, 4.69) is 48.5 Å². The molecule has 3 saturated carbocycles. The molecule has 0 aliphatic heterocycles. The molecule has 0 heterocycles. The number of fused-ring (bicyclic) bond motifs is 4. The quantitative estimate of drug-likeness (QED) is 0.631. The van der Waals surface area contributed by atoms with Gasteiger partial charge in [0.05, 0.1) is 0 Å². The highest BCUT2D eigenvalue weighted by atomic mass is 14.9. The van der Waals surface area contributed by atoms with Crippen LogP contribution in [0.15, 0.2) is 0 Å². The molecule has 3 aliphatic carbocycles. The van der Waals surface area contributed by atoms with E-state index in [1.807, 2.05) is 0 Å². The van der Waals surface area contributed by atoms with Crippen molar-refractivity contribution in [2.24, 2.45) is 45.8 Å². The zero-order chi connectivity index (χ0) is 12.8. The smallest absolute Gasteiger partial charge is 0.0174 e. The molecule has 0 saturated heterocycles. The van der Waals surface area contributed by atoms with Gasteiger partial charge >= 0.3 is 0 Å². The van der Waals surface area contributed by atoms with E-state index in [0.29, 0.717) is 16.2 Å². The first kappa shape index (κ1) is 12.1. The summed E-state index contributed by atoms with van der Waals surface area (Å²) in [6.07, 6.45) is 2.86. The Morgan fingerprint density at radius 2 is 1.76 bits per heavy atom. The summed E-state index contributed by atoms with van der Waals surface area (Å²) >= 11 is 0. The molecule has 3 fully saturated rings. The zero-order valence-corrected chi connectivity index (χ0v) is 12.8. The van der Waals surface area contributed by atoms with Gasteiger partial charge < -0.3 is 0 Å². The van der Waals surface area contributed by atoms with Crippen molar-refractivity contribution in [3.8, 4) is 0 Å². The summed E-state index contributed by atoms with van der Waals surface area (Å²) in [5.74, 6) is 4.90. The summed E-state index contributed by atoms with van der Waals surface area (Å²) in [5, 5.41) is 0. The predicted octanol–water partition coefficient (Wildman–Crippen LogP) is 4.99. The molecule has 0 aromatic heterocycles. The molecule has 0 heteroatoms. The van der Waals surface area contributed by atoms with Gasteiger partial charge in [0.1, 0.15) is 0 Å². The Balaban J connectivity index is 2.00. The van der Waals surface area contributed by atoms with Crippen LogP contribution in [0.5, 0.6) is 0 Å². The van der Waals surface area contributed by atoms with Gasteiger partial charge in [-0.2, -0.15) is 0 Å². The zero-order valence-electron chi connectivity index (χ0n) is 12.8. The third kappa shape index (κ3) is 0.816. The Labute approximate surface area is 108 Å². The van der Waals surface area contributed by atoms with Crippen molar-refractivity contribution >= 4 is 0 Å². The molecule has 0 aromatic carbocycles. The third-order valence-electron chi connectivity index (χ3n) is 8.86. The van der Waals surface area contributed by atoms with Crippen LogP contribution in [0.3, 0.4) is 0 Å². The van der Waals surface area contributed by atoms with E-state index in [1.54, 1.807) is 0 Å². The average Bonchev–Trinajstić information content (AvgIpc) is 2.34. The molecule has 0 aromatic rings. The Bertz CT molecular complexity index is 359. The van der Waals surface area contributed by atoms with Crippen molar-refractivity contribution in [2.75, 3.05) is 0 Å². The van der Waals surface area contributed by atoms with E-state index in [0.717, 1.165) is 29.6 Å². The lowest BCUT2D eigenvalue weighted by atomic mass is 9.13. The average molecular weight is 234 g/mol. The SMILES string of the molecule is CCC(C)C1(C)C(C)C2C3CC(C)C3(C)C21C. The monoisotopic (exact) mass is 234 g/mol. The maximum Gasteiger partial charge on any atom is -0.0174 e. The second kappa shape index (κ2) is 2.94. The van der Waals surface area contributed by atoms with Crippen LogP contribution in [-0.2, 0) is 0 Å². The lowest BCUT2D eigenvalue weighted by molar-refractivity contribution is -0.438. The fourth-order valence-corrected chi connectivity index (χ4v) is 7.08. The molecule has 98 valence electrons. The molecule has 3 rings (SSSR count). The highest BCUT2D eigenvalue weighted by Crippen LogP contribution is 2.91. The van der Waals surface area contributed by atoms with E-state index in [1.165, 1.54) is 12.8 Å². The van der Waals surface area contributed by atoms with Crippen LogP contribution < -0.4 is 0 Å². The highest BCUT2D eigenvalue weighted by Gasteiger charge is 2.86. The highest BCUT2D eigenvalue weighted by molar-refractivity contribution is 5.33. The maximum absolute atomic E-state index is 2.63. The van der Waals surface area contributed by atoms with Gasteiger partial charge in [-0.3, -0.25) is 0 Å². The number of rotatable bonds is 2. The minimum Gasteiger partial charge on any atom is -0.0651 e. The van der Waals surface area contributed by atoms with Crippen LogP contribution >= 0.6 is 0 Å². The van der Waals surface area contributed by atoms with E-state index in [-0.39, 0.29) is 0 Å². The first-order valence-corrected chi connectivity index (χ1v) is 7.77. The van der Waals surface area contributed by atoms with Gasteiger partial charge in [0.2, 0.25) is 0 Å². The van der Waals surface area contributed by atoms with Gasteiger partial charge in [-0.25, -0.2) is 0 Å². The lowest BCUT2D eigenvalue weighted by Gasteiger charge is -2.91. The minimum absolute atomic E-state index is 0.590. The number of hydrogen-bond donors (Lipinski definition) is 0. The Kier molecular flexibility index (Phi) is 2.08. The second-order valence-corrected chi connectivity index (χ2v) is 8.13. The molecule has 8 unspecified atom stereocenters. The fourth-order valence-electron chi connectivity index (χ4n) is 7.08. The minimum atomic E-state index is 0.590. The van der Waals surface area contributed by atoms with Crippen LogP contribution in [0.2, 0.25) is 0 Å². The van der Waals surface area contributed by atoms with Gasteiger partial charge in [-0.15, -0.1) is 0 Å². The molecule has 17 heavy (non-hydrogen) atoms. The van der Waals surface area contributed by atoms with Crippen LogP contribution in [-0.4, -0.2) is 0 Å². The maximum atomic E-state index is 2.63. The number of hydrogen-bond acceptors (Lipinski definition) is 0. The van der Waals surface area contributed by atoms with Crippen LogP contribution in [0.25, 0.3) is 0 Å². The molecule has 0 N–H and O–H groups in total. The van der Waals surface area contributed by atoms with Gasteiger partial charge in [0, 0.05) is 0 Å². The van der Waals surface area contributed by atoms with Gasteiger partial charge in [0.15, 0.2) is 0 Å². The molecule has 0 bridgehead atoms. The largest absolute Gasteiger partial charge is 0.0651 e. The molecular formula is C17H30. The van der Waals surface area contributed by atoms with Crippen molar-refractivity contribution in [1.82, 2.24) is 0 Å². The van der Waals surface area contributed by atoms with Crippen LogP contribution in [0.4, 0.5) is 0 Å². The van der Waals surface area contributed by atoms with E-state index in [9.17, 15) is 0 Å². The Morgan fingerprint density at radius 3 is 2.24 bits per heavy atom. The molecule has 3 aliphatic rings. The summed E-state index contributed by atoms with van der Waals surface area (Å²) in [4.78, 5) is 0. The normalized spacial score (nSPS) is 65.8. The fraction of sp³-hybridized carbons (Fsp3) is 1.00. The molecule has 0 amide bonds. The third-order valence-corrected chi connectivity index (χ3v) is 8.86. The molecular weight excluding hydrogens is 204 g/mol. The first-order chi connectivity index (χ1) is 7.77. The standard InChI is InChI=1S/C17H30/c1-8-10(2)15(5)12(4)14-13-9-11(3)16(13,6)17(14,15)7/h10-14H,8-9H2,1-7H3. The summed E-state index contributed by atoms with van der Waals surface area (Å²) in [5.41, 5.74) is 1.89. The second-order valence-electron chi connectivity index (χ2n) is 8.13. The Hall–Kier alpha value is 0. The summed E-state index contributed by atoms with van der Waals surface area (Å²) < 4.78 is 0. The van der Waals surface area contributed by atoms with Crippen molar-refractivity contribution < 1.29 is 0 Å². The predicted molar refractivity (Wildman–Crippen MR) is 73.7 cm³/mol. The van der Waals surface area contributed by atoms with Crippen molar-refractivity contribution in [3.63, 3.8) is 0 Å². The van der Waals surface area contributed by atoms with Crippen LogP contribution in [0.1, 0.15) is 61.3 Å². The summed E-state index contributed by atoms with van der Waals surface area (Å²) in [7, 11) is 0. The van der Waals surface area contributed by atoms with Gasteiger partial charge in [-0.05, 0) is 52.3 Å². The molecule has 0 spiro atoms. The van der Waals surface area contributed by atoms with Gasteiger partial charge in [-0.1, -0.05) is 54.9 Å². The van der Waals surface area contributed by atoms with Crippen LogP contribution in [0, 0.1) is 45.8 Å². The first-order valence-electron chi connectivity index (χ1n) is 7.77. The Morgan fingerprint density at radius 1 is 1.18 bits per heavy atom. The van der Waals surface area contributed by atoms with E-state index in [4.69, 9.17) is 0 Å².